The number of benzene rings is 2. The smallest absolute Gasteiger partial charge is 0.416 e. The van der Waals surface area contributed by atoms with Gasteiger partial charge in [0.05, 0.1) is 18.7 Å². The van der Waals surface area contributed by atoms with Crippen LogP contribution in [0.15, 0.2) is 48.5 Å². The van der Waals surface area contributed by atoms with Gasteiger partial charge in [0.25, 0.3) is 0 Å². The maximum Gasteiger partial charge on any atom is 0.416 e. The number of nitrogens with one attached hydrogen (secondary N) is 2. The normalized spacial score (nSPS) is 11.1. The highest BCUT2D eigenvalue weighted by Gasteiger charge is 2.30. The van der Waals surface area contributed by atoms with Crippen molar-refractivity contribution < 1.29 is 27.1 Å². The maximum atomic E-state index is 12.7. The van der Waals surface area contributed by atoms with Crippen LogP contribution in [0.25, 0.3) is 0 Å². The average Bonchev–Trinajstić information content (AvgIpc) is 2.61. The van der Waals surface area contributed by atoms with E-state index in [-0.39, 0.29) is 24.0 Å². The first-order chi connectivity index (χ1) is 12.3. The van der Waals surface area contributed by atoms with Gasteiger partial charge in [0.2, 0.25) is 5.91 Å². The predicted molar refractivity (Wildman–Crippen MR) is 89.5 cm³/mol. The molecule has 0 aliphatic rings. The first-order valence-electron chi connectivity index (χ1n) is 7.91. The molecule has 0 fully saturated rings. The van der Waals surface area contributed by atoms with E-state index in [0.717, 1.165) is 12.1 Å². The third-order valence-electron chi connectivity index (χ3n) is 3.37. The van der Waals surface area contributed by atoms with Crippen LogP contribution in [-0.4, -0.2) is 25.6 Å². The van der Waals surface area contributed by atoms with Crippen LogP contribution < -0.4 is 15.4 Å². The molecule has 0 saturated heterocycles. The first-order valence-corrected chi connectivity index (χ1v) is 7.91. The monoisotopic (exact) mass is 370 g/mol. The molecule has 0 spiro atoms. The number of hydrogen-bond donors (Lipinski definition) is 2. The summed E-state index contributed by atoms with van der Waals surface area (Å²) >= 11 is 0. The lowest BCUT2D eigenvalue weighted by Crippen LogP contribution is -2.31. The van der Waals surface area contributed by atoms with E-state index in [9.17, 15) is 22.4 Å². The van der Waals surface area contributed by atoms with E-state index in [1.807, 2.05) is 0 Å². The van der Waals surface area contributed by atoms with E-state index in [2.05, 4.69) is 10.6 Å². The highest BCUT2D eigenvalue weighted by Crippen LogP contribution is 2.30. The van der Waals surface area contributed by atoms with Crippen molar-refractivity contribution in [1.29, 1.82) is 0 Å². The van der Waals surface area contributed by atoms with Gasteiger partial charge in [0, 0.05) is 12.2 Å². The van der Waals surface area contributed by atoms with Crippen LogP contribution in [0.3, 0.4) is 0 Å². The second-order valence-corrected chi connectivity index (χ2v) is 5.44. The van der Waals surface area contributed by atoms with Crippen LogP contribution in [-0.2, 0) is 11.0 Å². The van der Waals surface area contributed by atoms with Crippen molar-refractivity contribution in [3.63, 3.8) is 0 Å². The Morgan fingerprint density at radius 3 is 2.50 bits per heavy atom. The molecule has 2 rings (SSSR count). The van der Waals surface area contributed by atoms with E-state index in [0.29, 0.717) is 25.3 Å². The number of rotatable bonds is 8. The average molecular weight is 370 g/mol. The Labute approximate surface area is 148 Å². The van der Waals surface area contributed by atoms with Gasteiger partial charge in [-0.05, 0) is 48.9 Å². The zero-order valence-electron chi connectivity index (χ0n) is 13.8. The number of anilines is 1. The van der Waals surface area contributed by atoms with Crippen LogP contribution in [0.4, 0.5) is 23.2 Å². The van der Waals surface area contributed by atoms with Crippen molar-refractivity contribution in [3.05, 3.63) is 59.9 Å². The highest BCUT2D eigenvalue weighted by atomic mass is 19.4. The van der Waals surface area contributed by atoms with Gasteiger partial charge >= 0.3 is 6.18 Å². The van der Waals surface area contributed by atoms with Crippen molar-refractivity contribution in [3.8, 4) is 5.75 Å². The summed E-state index contributed by atoms with van der Waals surface area (Å²) in [5, 5.41) is 5.28. The zero-order valence-corrected chi connectivity index (χ0v) is 13.8. The van der Waals surface area contributed by atoms with Gasteiger partial charge in [0.15, 0.2) is 0 Å². The topological polar surface area (TPSA) is 50.4 Å². The van der Waals surface area contributed by atoms with Crippen molar-refractivity contribution >= 4 is 11.6 Å². The summed E-state index contributed by atoms with van der Waals surface area (Å²) in [5.41, 5.74) is -0.560. The Morgan fingerprint density at radius 2 is 1.81 bits per heavy atom. The van der Waals surface area contributed by atoms with Crippen LogP contribution in [0.1, 0.15) is 12.0 Å². The summed E-state index contributed by atoms with van der Waals surface area (Å²) in [7, 11) is 0. The molecule has 0 atom stereocenters. The molecule has 0 radical (unpaired) electrons. The molecular weight excluding hydrogens is 352 g/mol. The minimum absolute atomic E-state index is 0.139. The standard InChI is InChI=1S/C18H18F4N2O2/c19-14-5-7-16(8-6-14)26-10-2-9-23-17(25)12-24-15-4-1-3-13(11-15)18(20,21)22/h1,3-8,11,24H,2,9-10,12H2,(H,23,25). The highest BCUT2D eigenvalue weighted by molar-refractivity contribution is 5.80. The third kappa shape index (κ3) is 6.62. The Kier molecular flexibility index (Phi) is 6.82. The van der Waals surface area contributed by atoms with Crippen LogP contribution in [0, 0.1) is 5.82 Å². The summed E-state index contributed by atoms with van der Waals surface area (Å²) in [6, 6.07) is 10.2. The quantitative estimate of drug-likeness (QED) is 0.548. The van der Waals surface area contributed by atoms with Gasteiger partial charge in [-0.2, -0.15) is 13.2 Å². The second-order valence-electron chi connectivity index (χ2n) is 5.44. The fourth-order valence-electron chi connectivity index (χ4n) is 2.07. The lowest BCUT2D eigenvalue weighted by atomic mass is 10.2. The summed E-state index contributed by atoms with van der Waals surface area (Å²) in [6.07, 6.45) is -3.89. The molecule has 0 heterocycles. The number of alkyl halides is 3. The fourth-order valence-corrected chi connectivity index (χ4v) is 2.07. The summed E-state index contributed by atoms with van der Waals surface area (Å²) < 4.78 is 55.9. The van der Waals surface area contributed by atoms with Crippen LogP contribution in [0.2, 0.25) is 0 Å². The van der Waals surface area contributed by atoms with Crippen molar-refractivity contribution in [2.45, 2.75) is 12.6 Å². The van der Waals surface area contributed by atoms with E-state index in [1.165, 1.54) is 36.4 Å². The van der Waals surface area contributed by atoms with Gasteiger partial charge in [-0.15, -0.1) is 0 Å². The van der Waals surface area contributed by atoms with E-state index in [1.54, 1.807) is 0 Å². The minimum Gasteiger partial charge on any atom is -0.494 e. The molecule has 0 aromatic heterocycles. The van der Waals surface area contributed by atoms with Crippen molar-refractivity contribution in [2.24, 2.45) is 0 Å². The van der Waals surface area contributed by atoms with Gasteiger partial charge in [-0.3, -0.25) is 4.79 Å². The summed E-state index contributed by atoms with van der Waals surface area (Å²) in [6.45, 7) is 0.553. The van der Waals surface area contributed by atoms with Crippen LogP contribution >= 0.6 is 0 Å². The molecule has 0 saturated carbocycles. The third-order valence-corrected chi connectivity index (χ3v) is 3.37. The molecule has 8 heteroatoms. The lowest BCUT2D eigenvalue weighted by Gasteiger charge is -2.11. The predicted octanol–water partition coefficient (Wildman–Crippen LogP) is 3.84. The van der Waals surface area contributed by atoms with Gasteiger partial charge < -0.3 is 15.4 Å². The fraction of sp³-hybridized carbons (Fsp3) is 0.278. The largest absolute Gasteiger partial charge is 0.494 e. The van der Waals surface area contributed by atoms with E-state index < -0.39 is 11.7 Å². The Morgan fingerprint density at radius 1 is 1.08 bits per heavy atom. The Balaban J connectivity index is 1.64. The molecule has 1 amide bonds. The van der Waals surface area contributed by atoms with Gasteiger partial charge in [-0.25, -0.2) is 4.39 Å². The lowest BCUT2D eigenvalue weighted by molar-refractivity contribution is -0.137. The molecule has 2 aromatic carbocycles. The van der Waals surface area contributed by atoms with E-state index in [4.69, 9.17) is 4.74 Å². The number of halogens is 4. The molecule has 4 nitrogen and oxygen atoms in total. The maximum absolute atomic E-state index is 12.7. The first kappa shape index (κ1) is 19.6. The second kappa shape index (κ2) is 9.07. The number of amides is 1. The van der Waals surface area contributed by atoms with Crippen molar-refractivity contribution in [2.75, 3.05) is 25.0 Å². The SMILES string of the molecule is O=C(CNc1cccc(C(F)(F)F)c1)NCCCOc1ccc(F)cc1. The minimum atomic E-state index is -4.43. The van der Waals surface area contributed by atoms with Crippen LogP contribution in [0.5, 0.6) is 5.75 Å². The number of carbonyl (C=O) groups is 1. The van der Waals surface area contributed by atoms with Crippen molar-refractivity contribution in [1.82, 2.24) is 5.32 Å². The number of ether oxygens (including phenoxy) is 1. The molecular formula is C18H18F4N2O2. The van der Waals surface area contributed by atoms with E-state index >= 15 is 0 Å². The number of hydrogen-bond acceptors (Lipinski definition) is 3. The Hall–Kier alpha value is -2.77. The van der Waals surface area contributed by atoms with Gasteiger partial charge in [-0.1, -0.05) is 6.07 Å². The molecule has 0 unspecified atom stereocenters. The summed E-state index contributed by atoms with van der Waals surface area (Å²) in [4.78, 5) is 11.7. The molecule has 2 N–H and O–H groups in total. The number of carbonyl (C=O) groups excluding carboxylic acids is 1. The zero-order chi connectivity index (χ0) is 19.0. The molecule has 0 aliphatic carbocycles. The van der Waals surface area contributed by atoms with Gasteiger partial charge in [0.1, 0.15) is 11.6 Å². The molecule has 0 bridgehead atoms. The molecule has 140 valence electrons. The molecule has 0 aliphatic heterocycles. The molecule has 2 aromatic rings. The Bertz CT molecular complexity index is 718. The molecule has 26 heavy (non-hydrogen) atoms. The summed E-state index contributed by atoms with van der Waals surface area (Å²) in [5.74, 6) is -0.161.